The van der Waals surface area contributed by atoms with Crippen LogP contribution in [0.4, 0.5) is 11.4 Å². The third-order valence-corrected chi connectivity index (χ3v) is 3.55. The van der Waals surface area contributed by atoms with Crippen LogP contribution >= 0.6 is 11.6 Å². The number of rotatable bonds is 2. The van der Waals surface area contributed by atoms with E-state index < -0.39 is 0 Å². The van der Waals surface area contributed by atoms with Crippen LogP contribution in [0.15, 0.2) is 51.3 Å². The first-order valence-corrected chi connectivity index (χ1v) is 6.62. The van der Waals surface area contributed by atoms with Gasteiger partial charge in [0.25, 0.3) is 5.84 Å². The second kappa shape index (κ2) is 4.46. The van der Waals surface area contributed by atoms with E-state index in [-0.39, 0.29) is 0 Å². The van der Waals surface area contributed by atoms with Crippen LogP contribution in [0.1, 0.15) is 5.56 Å². The van der Waals surface area contributed by atoms with Crippen molar-refractivity contribution in [1.29, 1.82) is 0 Å². The number of halogens is 1. The Balaban J connectivity index is 1.71. The van der Waals surface area contributed by atoms with Crippen molar-refractivity contribution in [3.63, 3.8) is 0 Å². The minimum Gasteiger partial charge on any atom is -0.284 e. The number of amidine groups is 2. The Morgan fingerprint density at radius 1 is 1.20 bits per heavy atom. The molecule has 0 radical (unpaired) electrons. The van der Waals surface area contributed by atoms with Crippen LogP contribution in [-0.4, -0.2) is 17.5 Å². The molecule has 3 aliphatic rings. The van der Waals surface area contributed by atoms with Gasteiger partial charge in [-0.2, -0.15) is 15.4 Å². The fourth-order valence-corrected chi connectivity index (χ4v) is 2.66. The number of nitrogens with two attached hydrogens (primary N) is 3. The lowest BCUT2D eigenvalue weighted by Crippen LogP contribution is -2.79. The highest BCUT2D eigenvalue weighted by Gasteiger charge is 2.27. The summed E-state index contributed by atoms with van der Waals surface area (Å²) < 4.78 is 0. The molecule has 0 spiro atoms. The highest BCUT2D eigenvalue weighted by Crippen LogP contribution is 2.33. The highest BCUT2D eigenvalue weighted by atomic mass is 35.5. The molecule has 3 heterocycles. The Morgan fingerprint density at radius 2 is 2.15 bits per heavy atom. The maximum absolute atomic E-state index is 6.00. The smallest absolute Gasteiger partial charge is 0.284 e. The van der Waals surface area contributed by atoms with E-state index >= 15 is 0 Å². The van der Waals surface area contributed by atoms with Crippen LogP contribution in [0.25, 0.3) is 5.57 Å². The molecule has 7 heteroatoms. The first-order chi connectivity index (χ1) is 9.81. The quantitative estimate of drug-likeness (QED) is 0.348. The molecular weight excluding hydrogens is 276 g/mol. The van der Waals surface area contributed by atoms with Gasteiger partial charge in [0.05, 0.1) is 5.56 Å². The number of quaternary nitrogens is 3. The normalized spacial score (nSPS) is 19.6. The number of benzene rings is 1. The lowest BCUT2D eigenvalue weighted by atomic mass is 10.0. The summed E-state index contributed by atoms with van der Waals surface area (Å²) in [6, 6.07) is 6.03. The van der Waals surface area contributed by atoms with Gasteiger partial charge < -0.3 is 0 Å². The Kier molecular flexibility index (Phi) is 2.61. The highest BCUT2D eigenvalue weighted by molar-refractivity contribution is 6.62. The molecule has 0 aliphatic carbocycles. The Bertz CT molecular complexity index is 756. The van der Waals surface area contributed by atoms with E-state index in [1.54, 1.807) is 11.8 Å². The molecule has 0 amide bonds. The maximum Gasteiger partial charge on any atom is 0.302 e. The van der Waals surface area contributed by atoms with Crippen molar-refractivity contribution in [3.8, 4) is 0 Å². The topological polar surface area (TPSA) is 86.9 Å². The molecule has 1 aromatic rings. The monoisotopic (exact) mass is 287 g/mol. The predicted octanol–water partition coefficient (Wildman–Crippen LogP) is -1.16. The standard InChI is InChI=1S/C13H9ClN6/c14-13-18-9-3-1-2-8(11(9)19-13)7-4-10(15-5-7)12-16-6-17-20-12/h1-6,15H,(H,18,19)(H,16,17,20)/p+3. The summed E-state index contributed by atoms with van der Waals surface area (Å²) in [5.41, 5.74) is 6.95. The molecule has 6 N–H and O–H groups in total. The molecule has 0 atom stereocenters. The summed E-state index contributed by atoms with van der Waals surface area (Å²) in [4.78, 5) is 8.51. The van der Waals surface area contributed by atoms with Gasteiger partial charge in [-0.25, -0.2) is 0 Å². The van der Waals surface area contributed by atoms with Crippen molar-refractivity contribution in [1.82, 2.24) is 0 Å². The van der Waals surface area contributed by atoms with E-state index in [1.165, 1.54) is 0 Å². The number of para-hydroxylation sites is 1. The summed E-state index contributed by atoms with van der Waals surface area (Å²) in [7, 11) is 0. The molecule has 0 aromatic heterocycles. The van der Waals surface area contributed by atoms with E-state index in [4.69, 9.17) is 11.6 Å². The summed E-state index contributed by atoms with van der Waals surface area (Å²) in [6.45, 7) is 0. The second-order valence-electron chi connectivity index (χ2n) is 4.59. The van der Waals surface area contributed by atoms with Gasteiger partial charge in [0, 0.05) is 23.3 Å². The summed E-state index contributed by atoms with van der Waals surface area (Å²) in [5.74, 6) is 0.752. The van der Waals surface area contributed by atoms with Gasteiger partial charge in [-0.15, -0.1) is 0 Å². The number of hydrogen-bond donors (Lipinski definition) is 3. The van der Waals surface area contributed by atoms with E-state index in [0.717, 1.165) is 34.0 Å². The van der Waals surface area contributed by atoms with E-state index in [9.17, 15) is 0 Å². The SMILES string of the molecule is ClC1=Nc2cccc(C3=C[NH2+]C(C4=N[NH2+]C=N4)=C3)c2[NH2+]1. The first kappa shape index (κ1) is 11.7. The lowest BCUT2D eigenvalue weighted by Gasteiger charge is -2.01. The fraction of sp³-hybridized carbons (Fsp3) is 0. The zero-order valence-electron chi connectivity index (χ0n) is 10.4. The van der Waals surface area contributed by atoms with Crippen LogP contribution in [0.2, 0.25) is 0 Å². The van der Waals surface area contributed by atoms with Crippen molar-refractivity contribution in [2.75, 3.05) is 0 Å². The minimum absolute atomic E-state index is 0.526. The minimum atomic E-state index is 0.526. The van der Waals surface area contributed by atoms with Gasteiger partial charge >= 0.3 is 5.29 Å². The molecule has 0 saturated carbocycles. The van der Waals surface area contributed by atoms with Crippen LogP contribution in [0.5, 0.6) is 0 Å². The van der Waals surface area contributed by atoms with Crippen molar-refractivity contribution in [3.05, 3.63) is 41.7 Å². The average molecular weight is 288 g/mol. The van der Waals surface area contributed by atoms with E-state index in [2.05, 4.69) is 33.4 Å². The molecule has 98 valence electrons. The van der Waals surface area contributed by atoms with Crippen LogP contribution in [0, 0.1) is 0 Å². The molecule has 0 bridgehead atoms. The number of hydrogen-bond acceptors (Lipinski definition) is 3. The van der Waals surface area contributed by atoms with E-state index in [0.29, 0.717) is 5.29 Å². The molecule has 4 rings (SSSR count). The summed E-state index contributed by atoms with van der Waals surface area (Å²) >= 11 is 6.00. The zero-order valence-corrected chi connectivity index (χ0v) is 11.2. The van der Waals surface area contributed by atoms with Gasteiger partial charge in [0.1, 0.15) is 11.9 Å². The van der Waals surface area contributed by atoms with Crippen LogP contribution < -0.4 is 16.1 Å². The number of nitrogens with zero attached hydrogens (tertiary/aromatic N) is 3. The Hall–Kier alpha value is -2.12. The summed E-state index contributed by atoms with van der Waals surface area (Å²) in [5, 5.41) is 8.67. The van der Waals surface area contributed by atoms with Crippen molar-refractivity contribution in [2.24, 2.45) is 15.1 Å². The van der Waals surface area contributed by atoms with Gasteiger partial charge in [-0.3, -0.25) is 10.6 Å². The molecular formula is C13H12ClN6+3. The van der Waals surface area contributed by atoms with Gasteiger partial charge in [0.15, 0.2) is 11.4 Å². The van der Waals surface area contributed by atoms with Gasteiger partial charge in [-0.05, 0) is 12.1 Å². The molecule has 6 nitrogen and oxygen atoms in total. The third-order valence-electron chi connectivity index (χ3n) is 3.36. The van der Waals surface area contributed by atoms with Crippen LogP contribution in [-0.2, 0) is 0 Å². The molecule has 1 aromatic carbocycles. The first-order valence-electron chi connectivity index (χ1n) is 6.24. The molecule has 0 unspecified atom stereocenters. The van der Waals surface area contributed by atoms with Crippen LogP contribution in [0.3, 0.4) is 0 Å². The largest absolute Gasteiger partial charge is 0.302 e. The third kappa shape index (κ3) is 1.83. The maximum atomic E-state index is 6.00. The molecule has 0 fully saturated rings. The van der Waals surface area contributed by atoms with Gasteiger partial charge in [-0.1, -0.05) is 11.2 Å². The molecule has 20 heavy (non-hydrogen) atoms. The van der Waals surface area contributed by atoms with Crippen molar-refractivity contribution < 1.29 is 16.1 Å². The number of aliphatic imine (C=N–C) groups is 2. The predicted molar refractivity (Wildman–Crippen MR) is 76.8 cm³/mol. The zero-order chi connectivity index (χ0) is 13.5. The average Bonchev–Trinajstić information content (AvgIpc) is 3.17. The fourth-order valence-electron chi connectivity index (χ4n) is 2.46. The Morgan fingerprint density at radius 3 is 3.00 bits per heavy atom. The summed E-state index contributed by atoms with van der Waals surface area (Å²) in [6.07, 6.45) is 5.86. The second-order valence-corrected chi connectivity index (χ2v) is 4.97. The Labute approximate surface area is 119 Å². The van der Waals surface area contributed by atoms with Crippen molar-refractivity contribution >= 4 is 46.0 Å². The van der Waals surface area contributed by atoms with Crippen molar-refractivity contribution in [2.45, 2.75) is 0 Å². The number of fused-ring (bicyclic) bond motifs is 1. The number of allylic oxidation sites excluding steroid dienone is 2. The molecule has 3 aliphatic heterocycles. The molecule has 0 saturated heterocycles. The van der Waals surface area contributed by atoms with E-state index in [1.807, 2.05) is 22.8 Å². The lowest BCUT2D eigenvalue weighted by molar-refractivity contribution is -0.537. The van der Waals surface area contributed by atoms with Gasteiger partial charge in [0.2, 0.25) is 6.34 Å².